The van der Waals surface area contributed by atoms with Crippen molar-refractivity contribution < 1.29 is 22.7 Å². The van der Waals surface area contributed by atoms with Crippen molar-refractivity contribution in [3.05, 3.63) is 23.7 Å². The summed E-state index contributed by atoms with van der Waals surface area (Å²) in [6, 6.07) is 1.56. The number of nitrogens with one attached hydrogen (secondary N) is 2. The maximum atomic E-state index is 11.2. The zero-order valence-corrected chi connectivity index (χ0v) is 11.9. The van der Waals surface area contributed by atoms with Crippen molar-refractivity contribution in [1.82, 2.24) is 10.0 Å². The molecule has 7 nitrogen and oxygen atoms in total. The lowest BCUT2D eigenvalue weighted by molar-refractivity contribution is 0.0660. The molecule has 3 N–H and O–H groups in total. The van der Waals surface area contributed by atoms with Crippen LogP contribution in [0.5, 0.6) is 0 Å². The van der Waals surface area contributed by atoms with Gasteiger partial charge in [-0.05, 0) is 19.9 Å². The molecule has 0 aliphatic heterocycles. The molecule has 108 valence electrons. The van der Waals surface area contributed by atoms with Gasteiger partial charge in [0.15, 0.2) is 0 Å². The molecule has 0 aliphatic rings. The second-order valence-corrected chi connectivity index (χ2v) is 6.69. The second-order valence-electron chi connectivity index (χ2n) is 4.94. The van der Waals surface area contributed by atoms with Gasteiger partial charge < -0.3 is 14.8 Å². The highest BCUT2D eigenvalue weighted by molar-refractivity contribution is 7.88. The minimum atomic E-state index is -3.29. The molecular weight excluding hydrogens is 272 g/mol. The summed E-state index contributed by atoms with van der Waals surface area (Å²) in [5.41, 5.74) is -0.150. The number of aromatic carboxylic acids is 1. The van der Waals surface area contributed by atoms with E-state index in [-0.39, 0.29) is 12.3 Å². The van der Waals surface area contributed by atoms with Gasteiger partial charge in [-0.25, -0.2) is 17.9 Å². The molecule has 0 radical (unpaired) electrons. The molecule has 0 atom stereocenters. The van der Waals surface area contributed by atoms with Crippen molar-refractivity contribution in [1.29, 1.82) is 0 Å². The Morgan fingerprint density at radius 2 is 2.11 bits per heavy atom. The first-order valence-electron chi connectivity index (χ1n) is 5.60. The quantitative estimate of drug-likeness (QED) is 0.670. The van der Waals surface area contributed by atoms with Gasteiger partial charge in [0.2, 0.25) is 15.8 Å². The second kappa shape index (κ2) is 5.72. The third kappa shape index (κ3) is 5.41. The number of carboxylic acids is 1. The summed E-state index contributed by atoms with van der Waals surface area (Å²) >= 11 is 0. The van der Waals surface area contributed by atoms with Gasteiger partial charge in [-0.3, -0.25) is 0 Å². The smallest absolute Gasteiger partial charge is 0.372 e. The van der Waals surface area contributed by atoms with Crippen LogP contribution in [0.15, 0.2) is 16.7 Å². The third-order valence-electron chi connectivity index (χ3n) is 2.29. The molecule has 1 aromatic heterocycles. The highest BCUT2D eigenvalue weighted by Gasteiger charge is 2.22. The van der Waals surface area contributed by atoms with Crippen LogP contribution in [0.2, 0.25) is 0 Å². The van der Waals surface area contributed by atoms with Crippen LogP contribution >= 0.6 is 0 Å². The Balaban J connectivity index is 2.54. The van der Waals surface area contributed by atoms with Gasteiger partial charge in [-0.15, -0.1) is 0 Å². The fourth-order valence-electron chi connectivity index (χ4n) is 1.71. The molecule has 0 amide bonds. The fraction of sp³-hybridized carbons (Fsp3) is 0.545. The third-order valence-corrected chi connectivity index (χ3v) is 3.21. The highest BCUT2D eigenvalue weighted by atomic mass is 32.2. The van der Waals surface area contributed by atoms with E-state index in [9.17, 15) is 13.2 Å². The summed E-state index contributed by atoms with van der Waals surface area (Å²) < 4.78 is 29.6. The summed E-state index contributed by atoms with van der Waals surface area (Å²) in [5, 5.41) is 11.8. The lowest BCUT2D eigenvalue weighted by Crippen LogP contribution is -2.49. The topological polar surface area (TPSA) is 109 Å². The van der Waals surface area contributed by atoms with E-state index in [1.54, 1.807) is 19.9 Å². The van der Waals surface area contributed by atoms with E-state index >= 15 is 0 Å². The highest BCUT2D eigenvalue weighted by Crippen LogP contribution is 2.10. The predicted octanol–water partition coefficient (Wildman–Crippen LogP) is 0.395. The van der Waals surface area contributed by atoms with Crippen LogP contribution in [0.25, 0.3) is 0 Å². The molecule has 8 heteroatoms. The Bertz CT molecular complexity index is 547. The Labute approximate surface area is 112 Å². The van der Waals surface area contributed by atoms with Crippen LogP contribution in [0.4, 0.5) is 0 Å². The van der Waals surface area contributed by atoms with Gasteiger partial charge in [-0.2, -0.15) is 0 Å². The molecule has 1 rings (SSSR count). The van der Waals surface area contributed by atoms with E-state index in [2.05, 4.69) is 10.0 Å². The maximum Gasteiger partial charge on any atom is 0.372 e. The van der Waals surface area contributed by atoms with Crippen molar-refractivity contribution in [2.45, 2.75) is 25.9 Å². The average Bonchev–Trinajstić information content (AvgIpc) is 2.61. The number of rotatable bonds is 7. The molecule has 19 heavy (non-hydrogen) atoms. The Morgan fingerprint density at radius 3 is 2.63 bits per heavy atom. The lowest BCUT2D eigenvalue weighted by atomic mass is 10.1. The van der Waals surface area contributed by atoms with Crippen LogP contribution in [0.1, 0.15) is 30.0 Å². The fourth-order valence-corrected chi connectivity index (χ4v) is 2.79. The number of sulfonamides is 1. The van der Waals surface area contributed by atoms with E-state index in [1.807, 2.05) is 0 Å². The van der Waals surface area contributed by atoms with Crippen molar-refractivity contribution in [2.24, 2.45) is 0 Å². The summed E-state index contributed by atoms with van der Waals surface area (Å²) in [6.45, 7) is 4.10. The van der Waals surface area contributed by atoms with E-state index < -0.39 is 21.5 Å². The summed E-state index contributed by atoms with van der Waals surface area (Å²) in [6.07, 6.45) is 2.40. The van der Waals surface area contributed by atoms with Crippen LogP contribution < -0.4 is 10.0 Å². The van der Waals surface area contributed by atoms with Crippen LogP contribution in [-0.2, 0) is 16.6 Å². The van der Waals surface area contributed by atoms with E-state index in [0.717, 1.165) is 6.26 Å². The lowest BCUT2D eigenvalue weighted by Gasteiger charge is -2.25. The molecule has 0 saturated heterocycles. The van der Waals surface area contributed by atoms with Gasteiger partial charge in [0.05, 0.1) is 12.5 Å². The van der Waals surface area contributed by atoms with Gasteiger partial charge in [0, 0.05) is 24.2 Å². The van der Waals surface area contributed by atoms with Crippen molar-refractivity contribution >= 4 is 16.0 Å². The SMILES string of the molecule is CC(C)(CNCc1ccoc1C(=O)O)NS(C)(=O)=O. The number of furan rings is 1. The summed E-state index contributed by atoms with van der Waals surface area (Å²) in [5.74, 6) is -1.24. The molecule has 1 aromatic rings. The Kier molecular flexibility index (Phi) is 4.72. The minimum absolute atomic E-state index is 0.110. The van der Waals surface area contributed by atoms with E-state index in [4.69, 9.17) is 9.52 Å². The summed E-state index contributed by atoms with van der Waals surface area (Å²) in [4.78, 5) is 10.8. The number of carbonyl (C=O) groups is 1. The Hall–Kier alpha value is -1.38. The average molecular weight is 290 g/mol. The van der Waals surface area contributed by atoms with Crippen LogP contribution in [0, 0.1) is 0 Å². The number of carboxylic acid groups (broad SMARTS) is 1. The first-order chi connectivity index (χ1) is 8.61. The van der Waals surface area contributed by atoms with E-state index in [1.165, 1.54) is 6.26 Å². The first-order valence-corrected chi connectivity index (χ1v) is 7.49. The van der Waals surface area contributed by atoms with Gasteiger partial charge >= 0.3 is 5.97 Å². The van der Waals surface area contributed by atoms with Crippen molar-refractivity contribution in [3.63, 3.8) is 0 Å². The molecule has 0 bridgehead atoms. The van der Waals surface area contributed by atoms with Gasteiger partial charge in [-0.1, -0.05) is 0 Å². The molecule has 1 heterocycles. The largest absolute Gasteiger partial charge is 0.475 e. The molecule has 0 spiro atoms. The van der Waals surface area contributed by atoms with Crippen LogP contribution in [-0.4, -0.2) is 37.8 Å². The molecular formula is C11H18N2O5S. The van der Waals surface area contributed by atoms with Crippen molar-refractivity contribution in [2.75, 3.05) is 12.8 Å². The standard InChI is InChI=1S/C11H18N2O5S/c1-11(2,13-19(3,16)17)7-12-6-8-4-5-18-9(8)10(14)15/h4-5,12-13H,6-7H2,1-3H3,(H,14,15). The maximum absolute atomic E-state index is 11.2. The number of hydrogen-bond donors (Lipinski definition) is 3. The molecule has 0 aliphatic carbocycles. The van der Waals surface area contributed by atoms with Crippen molar-refractivity contribution in [3.8, 4) is 0 Å². The normalized spacial score (nSPS) is 12.6. The van der Waals surface area contributed by atoms with E-state index in [0.29, 0.717) is 12.1 Å². The zero-order valence-electron chi connectivity index (χ0n) is 11.1. The predicted molar refractivity (Wildman–Crippen MR) is 69.4 cm³/mol. The molecule has 0 saturated carbocycles. The zero-order chi connectivity index (χ0) is 14.7. The first kappa shape index (κ1) is 15.7. The monoisotopic (exact) mass is 290 g/mol. The van der Waals surface area contributed by atoms with Gasteiger partial charge in [0.1, 0.15) is 0 Å². The van der Waals surface area contributed by atoms with Crippen LogP contribution in [0.3, 0.4) is 0 Å². The Morgan fingerprint density at radius 1 is 1.47 bits per heavy atom. The summed E-state index contributed by atoms with van der Waals surface area (Å²) in [7, 11) is -3.29. The van der Waals surface area contributed by atoms with Gasteiger partial charge in [0.25, 0.3) is 0 Å². The molecule has 0 aromatic carbocycles. The molecule has 0 unspecified atom stereocenters. The minimum Gasteiger partial charge on any atom is -0.475 e. The molecule has 0 fully saturated rings. The number of hydrogen-bond acceptors (Lipinski definition) is 5.